The summed E-state index contributed by atoms with van der Waals surface area (Å²) in [6.07, 6.45) is 0. The van der Waals surface area contributed by atoms with E-state index in [-0.39, 0.29) is 17.3 Å². The van der Waals surface area contributed by atoms with Crippen molar-refractivity contribution in [3.05, 3.63) is 28.7 Å². The molecule has 7 heteroatoms. The number of hydrogen-bond donors (Lipinski definition) is 1. The normalized spacial score (nSPS) is 20.1. The monoisotopic (exact) mass is 346 g/mol. The van der Waals surface area contributed by atoms with Gasteiger partial charge in [0.15, 0.2) is 0 Å². The average molecular weight is 347 g/mol. The van der Waals surface area contributed by atoms with Crippen LogP contribution < -0.4 is 5.32 Å². The van der Waals surface area contributed by atoms with Gasteiger partial charge in [-0.2, -0.15) is 4.31 Å². The summed E-state index contributed by atoms with van der Waals surface area (Å²) in [7, 11) is -3.67. The fourth-order valence-electron chi connectivity index (χ4n) is 2.03. The van der Waals surface area contributed by atoms with Gasteiger partial charge >= 0.3 is 0 Å². The van der Waals surface area contributed by atoms with Crippen molar-refractivity contribution in [2.45, 2.75) is 24.3 Å². The summed E-state index contributed by atoms with van der Waals surface area (Å²) in [6, 6.07) is 6.40. The van der Waals surface area contributed by atoms with E-state index in [9.17, 15) is 13.2 Å². The zero-order valence-corrected chi connectivity index (χ0v) is 13.1. The summed E-state index contributed by atoms with van der Waals surface area (Å²) < 4.78 is 27.2. The van der Waals surface area contributed by atoms with Gasteiger partial charge in [-0.05, 0) is 38.1 Å². The Morgan fingerprint density at radius 1 is 1.26 bits per heavy atom. The SMILES string of the molecule is CC1(C)C(=O)NCCN1S(=O)(=O)c1ccc(Br)cc1. The van der Waals surface area contributed by atoms with Gasteiger partial charge in [0.25, 0.3) is 0 Å². The largest absolute Gasteiger partial charge is 0.353 e. The number of hydrogen-bond acceptors (Lipinski definition) is 3. The summed E-state index contributed by atoms with van der Waals surface area (Å²) in [5, 5.41) is 2.68. The number of sulfonamides is 1. The van der Waals surface area contributed by atoms with E-state index in [1.165, 1.54) is 16.4 Å². The third kappa shape index (κ3) is 2.54. The van der Waals surface area contributed by atoms with E-state index >= 15 is 0 Å². The Balaban J connectivity index is 2.44. The van der Waals surface area contributed by atoms with E-state index in [0.717, 1.165) is 4.47 Å². The Morgan fingerprint density at radius 2 is 1.84 bits per heavy atom. The molecule has 0 spiro atoms. The van der Waals surface area contributed by atoms with Gasteiger partial charge in [0.1, 0.15) is 5.54 Å². The van der Waals surface area contributed by atoms with Crippen LogP contribution >= 0.6 is 15.9 Å². The molecule has 1 aromatic rings. The second kappa shape index (κ2) is 4.88. The van der Waals surface area contributed by atoms with Gasteiger partial charge in [0.2, 0.25) is 15.9 Å². The third-order valence-corrected chi connectivity index (χ3v) is 5.80. The van der Waals surface area contributed by atoms with Crippen molar-refractivity contribution in [2.75, 3.05) is 13.1 Å². The van der Waals surface area contributed by atoms with E-state index < -0.39 is 15.6 Å². The average Bonchev–Trinajstić information content (AvgIpc) is 2.33. The molecule has 104 valence electrons. The molecule has 5 nitrogen and oxygen atoms in total. The Morgan fingerprint density at radius 3 is 2.42 bits per heavy atom. The number of piperazine rings is 1. The molecule has 1 fully saturated rings. The van der Waals surface area contributed by atoms with Crippen LogP contribution in [-0.2, 0) is 14.8 Å². The predicted molar refractivity (Wildman–Crippen MR) is 75.1 cm³/mol. The van der Waals surface area contributed by atoms with Crippen LogP contribution in [0.2, 0.25) is 0 Å². The maximum atomic E-state index is 12.6. The highest BCUT2D eigenvalue weighted by Crippen LogP contribution is 2.27. The van der Waals surface area contributed by atoms with Crippen LogP contribution in [0.5, 0.6) is 0 Å². The molecule has 2 rings (SSSR count). The Labute approximate surface area is 121 Å². The summed E-state index contributed by atoms with van der Waals surface area (Å²) in [6.45, 7) is 3.82. The number of carbonyl (C=O) groups is 1. The first-order valence-corrected chi connectivity index (χ1v) is 8.06. The minimum Gasteiger partial charge on any atom is -0.353 e. The Bertz CT molecular complexity index is 596. The molecule has 1 aliphatic heterocycles. The highest BCUT2D eigenvalue weighted by atomic mass is 79.9. The summed E-state index contributed by atoms with van der Waals surface area (Å²) in [5.41, 5.74) is -1.08. The first-order chi connectivity index (χ1) is 8.76. The second-order valence-electron chi connectivity index (χ2n) is 4.85. The van der Waals surface area contributed by atoms with Crippen molar-refractivity contribution >= 4 is 31.9 Å². The van der Waals surface area contributed by atoms with Crippen molar-refractivity contribution in [3.63, 3.8) is 0 Å². The first kappa shape index (κ1) is 14.5. The van der Waals surface area contributed by atoms with Gasteiger partial charge in [-0.25, -0.2) is 8.42 Å². The van der Waals surface area contributed by atoms with Gasteiger partial charge in [0, 0.05) is 17.6 Å². The molecule has 1 amide bonds. The van der Waals surface area contributed by atoms with Crippen LogP contribution in [0.1, 0.15) is 13.8 Å². The van der Waals surface area contributed by atoms with Gasteiger partial charge in [-0.3, -0.25) is 4.79 Å². The minimum absolute atomic E-state index is 0.193. The summed E-state index contributed by atoms with van der Waals surface area (Å²) in [5.74, 6) is -0.278. The summed E-state index contributed by atoms with van der Waals surface area (Å²) in [4.78, 5) is 12.0. The lowest BCUT2D eigenvalue weighted by molar-refractivity contribution is -0.131. The molecule has 0 bridgehead atoms. The van der Waals surface area contributed by atoms with E-state index in [2.05, 4.69) is 21.2 Å². The Hall–Kier alpha value is -0.920. The highest BCUT2D eigenvalue weighted by molar-refractivity contribution is 9.10. The van der Waals surface area contributed by atoms with Gasteiger partial charge in [0.05, 0.1) is 4.90 Å². The summed E-state index contributed by atoms with van der Waals surface area (Å²) >= 11 is 3.27. The van der Waals surface area contributed by atoms with Gasteiger partial charge < -0.3 is 5.32 Å². The van der Waals surface area contributed by atoms with Crippen molar-refractivity contribution in [1.29, 1.82) is 0 Å². The molecule has 19 heavy (non-hydrogen) atoms. The molecule has 0 atom stereocenters. The number of halogens is 1. The smallest absolute Gasteiger partial charge is 0.244 e. The Kier molecular flexibility index (Phi) is 3.72. The number of nitrogens with one attached hydrogen (secondary N) is 1. The fraction of sp³-hybridized carbons (Fsp3) is 0.417. The minimum atomic E-state index is -3.67. The van der Waals surface area contributed by atoms with Crippen LogP contribution in [0.25, 0.3) is 0 Å². The van der Waals surface area contributed by atoms with Crippen LogP contribution in [0, 0.1) is 0 Å². The zero-order valence-electron chi connectivity index (χ0n) is 10.7. The molecule has 1 saturated heterocycles. The molecular weight excluding hydrogens is 332 g/mol. The molecule has 0 aliphatic carbocycles. The first-order valence-electron chi connectivity index (χ1n) is 5.83. The quantitative estimate of drug-likeness (QED) is 0.878. The molecule has 0 radical (unpaired) electrons. The standard InChI is InChI=1S/C12H15BrN2O3S/c1-12(2)11(16)14-7-8-15(12)19(17,18)10-5-3-9(13)4-6-10/h3-6H,7-8H2,1-2H3,(H,14,16). The van der Waals surface area contributed by atoms with Crippen molar-refractivity contribution in [1.82, 2.24) is 9.62 Å². The fourth-order valence-corrected chi connectivity index (χ4v) is 4.05. The van der Waals surface area contributed by atoms with Crippen LogP contribution in [0.4, 0.5) is 0 Å². The molecule has 1 aromatic carbocycles. The number of amides is 1. The number of carbonyl (C=O) groups excluding carboxylic acids is 1. The molecule has 1 N–H and O–H groups in total. The van der Waals surface area contributed by atoms with Crippen molar-refractivity contribution in [2.24, 2.45) is 0 Å². The number of benzene rings is 1. The lowest BCUT2D eigenvalue weighted by atomic mass is 10.0. The maximum absolute atomic E-state index is 12.6. The van der Waals surface area contributed by atoms with E-state index in [1.807, 2.05) is 0 Å². The molecule has 1 aliphatic rings. The lowest BCUT2D eigenvalue weighted by Crippen LogP contribution is -2.63. The van der Waals surface area contributed by atoms with Gasteiger partial charge in [-0.15, -0.1) is 0 Å². The van der Waals surface area contributed by atoms with Crippen molar-refractivity contribution in [3.8, 4) is 0 Å². The van der Waals surface area contributed by atoms with Crippen LogP contribution in [-0.4, -0.2) is 37.3 Å². The second-order valence-corrected chi connectivity index (χ2v) is 7.62. The van der Waals surface area contributed by atoms with Crippen molar-refractivity contribution < 1.29 is 13.2 Å². The zero-order chi connectivity index (χ0) is 14.3. The lowest BCUT2D eigenvalue weighted by Gasteiger charge is -2.39. The molecule has 0 saturated carbocycles. The molecule has 0 aromatic heterocycles. The maximum Gasteiger partial charge on any atom is 0.244 e. The van der Waals surface area contributed by atoms with Crippen LogP contribution in [0.15, 0.2) is 33.6 Å². The number of rotatable bonds is 2. The molecular formula is C12H15BrN2O3S. The topological polar surface area (TPSA) is 66.5 Å². The predicted octanol–water partition coefficient (Wildman–Crippen LogP) is 1.35. The van der Waals surface area contributed by atoms with Crippen LogP contribution in [0.3, 0.4) is 0 Å². The van der Waals surface area contributed by atoms with E-state index in [4.69, 9.17) is 0 Å². The van der Waals surface area contributed by atoms with Gasteiger partial charge in [-0.1, -0.05) is 15.9 Å². The van der Waals surface area contributed by atoms with E-state index in [0.29, 0.717) is 6.54 Å². The third-order valence-electron chi connectivity index (χ3n) is 3.18. The van der Waals surface area contributed by atoms with E-state index in [1.54, 1.807) is 26.0 Å². The number of nitrogens with zero attached hydrogens (tertiary/aromatic N) is 1. The molecule has 0 unspecified atom stereocenters. The highest BCUT2D eigenvalue weighted by Gasteiger charge is 2.44. The molecule has 1 heterocycles.